The molecule has 1 heterocycles. The van der Waals surface area contributed by atoms with Gasteiger partial charge in [-0.25, -0.2) is 4.98 Å². The Labute approximate surface area is 108 Å². The minimum Gasteiger partial charge on any atom is -0.306 e. The van der Waals surface area contributed by atoms with Gasteiger partial charge in [0.15, 0.2) is 0 Å². The highest BCUT2D eigenvalue weighted by Crippen LogP contribution is 2.45. The van der Waals surface area contributed by atoms with E-state index in [9.17, 15) is 0 Å². The van der Waals surface area contributed by atoms with Gasteiger partial charge in [0.2, 0.25) is 0 Å². The molecule has 0 radical (unpaired) electrons. The maximum Gasteiger partial charge on any atom is 0.0900 e. The van der Waals surface area contributed by atoms with Gasteiger partial charge < -0.3 is 5.32 Å². The van der Waals surface area contributed by atoms with Crippen molar-refractivity contribution in [2.24, 2.45) is 11.8 Å². The van der Waals surface area contributed by atoms with Gasteiger partial charge in [-0.2, -0.15) is 0 Å². The zero-order valence-electron chi connectivity index (χ0n) is 11.0. The van der Waals surface area contributed by atoms with Crippen LogP contribution in [-0.4, -0.2) is 11.0 Å². The zero-order valence-corrected chi connectivity index (χ0v) is 11.8. The maximum absolute atomic E-state index is 4.54. The van der Waals surface area contributed by atoms with Crippen molar-refractivity contribution in [2.45, 2.75) is 58.5 Å². The van der Waals surface area contributed by atoms with E-state index >= 15 is 0 Å². The van der Waals surface area contributed by atoms with Gasteiger partial charge in [0.1, 0.15) is 0 Å². The maximum atomic E-state index is 4.54. The second-order valence-electron chi connectivity index (χ2n) is 5.77. The fraction of sp³-hybridized carbons (Fsp3) is 0.786. The standard InChI is InChI=1S/C14H22N2S/c1-8-14(17-10(3)15-8)9(2)16-13(11-4-5-11)12-6-7-12/h9,11-13,16H,4-7H2,1-3H3. The molecule has 17 heavy (non-hydrogen) atoms. The minimum atomic E-state index is 0.479. The molecular weight excluding hydrogens is 228 g/mol. The molecule has 3 rings (SSSR count). The molecule has 1 atom stereocenters. The third-order valence-electron chi connectivity index (χ3n) is 4.03. The van der Waals surface area contributed by atoms with Gasteiger partial charge >= 0.3 is 0 Å². The van der Waals surface area contributed by atoms with Crippen molar-refractivity contribution in [3.8, 4) is 0 Å². The van der Waals surface area contributed by atoms with Crippen LogP contribution >= 0.6 is 11.3 Å². The topological polar surface area (TPSA) is 24.9 Å². The quantitative estimate of drug-likeness (QED) is 0.863. The molecule has 2 aliphatic carbocycles. The molecular formula is C14H22N2S. The molecule has 1 aromatic rings. The van der Waals surface area contributed by atoms with Crippen LogP contribution in [0.5, 0.6) is 0 Å². The van der Waals surface area contributed by atoms with E-state index in [0.717, 1.165) is 17.9 Å². The Bertz CT molecular complexity index is 392. The molecule has 1 N–H and O–H groups in total. The lowest BCUT2D eigenvalue weighted by Crippen LogP contribution is -2.35. The highest BCUT2D eigenvalue weighted by atomic mass is 32.1. The molecule has 2 nitrogen and oxygen atoms in total. The Hall–Kier alpha value is -0.410. The van der Waals surface area contributed by atoms with Gasteiger partial charge in [-0.1, -0.05) is 0 Å². The number of aryl methyl sites for hydroxylation is 2. The van der Waals surface area contributed by atoms with Crippen molar-refractivity contribution >= 4 is 11.3 Å². The van der Waals surface area contributed by atoms with E-state index in [1.807, 2.05) is 11.3 Å². The van der Waals surface area contributed by atoms with Crippen molar-refractivity contribution in [3.63, 3.8) is 0 Å². The second-order valence-corrected chi connectivity index (χ2v) is 7.01. The van der Waals surface area contributed by atoms with Crippen molar-refractivity contribution < 1.29 is 0 Å². The highest BCUT2D eigenvalue weighted by Gasteiger charge is 2.42. The van der Waals surface area contributed by atoms with E-state index in [1.165, 1.54) is 41.3 Å². The molecule has 0 amide bonds. The van der Waals surface area contributed by atoms with E-state index in [1.54, 1.807) is 0 Å². The van der Waals surface area contributed by atoms with Crippen LogP contribution in [0.25, 0.3) is 0 Å². The fourth-order valence-electron chi connectivity index (χ4n) is 2.88. The van der Waals surface area contributed by atoms with Crippen LogP contribution in [0.3, 0.4) is 0 Å². The smallest absolute Gasteiger partial charge is 0.0900 e. The first-order chi connectivity index (χ1) is 8.15. The molecule has 2 fully saturated rings. The summed E-state index contributed by atoms with van der Waals surface area (Å²) in [6.45, 7) is 6.55. The first-order valence-corrected chi connectivity index (χ1v) is 7.66. The Balaban J connectivity index is 1.68. The number of aromatic nitrogens is 1. The minimum absolute atomic E-state index is 0.479. The van der Waals surface area contributed by atoms with Gasteiger partial charge in [-0.15, -0.1) is 11.3 Å². The highest BCUT2D eigenvalue weighted by molar-refractivity contribution is 7.11. The first kappa shape index (κ1) is 11.7. The Kier molecular flexibility index (Phi) is 2.99. The zero-order chi connectivity index (χ0) is 12.0. The molecule has 0 spiro atoms. The molecule has 2 saturated carbocycles. The van der Waals surface area contributed by atoms with Crippen LogP contribution in [0.1, 0.15) is 54.2 Å². The van der Waals surface area contributed by atoms with Crippen LogP contribution < -0.4 is 5.32 Å². The summed E-state index contributed by atoms with van der Waals surface area (Å²) in [7, 11) is 0. The molecule has 1 unspecified atom stereocenters. The number of hydrogen-bond acceptors (Lipinski definition) is 3. The van der Waals surface area contributed by atoms with E-state index < -0.39 is 0 Å². The predicted octanol–water partition coefficient (Wildman–Crippen LogP) is 3.60. The van der Waals surface area contributed by atoms with Crippen molar-refractivity contribution in [2.75, 3.05) is 0 Å². The van der Waals surface area contributed by atoms with Gasteiger partial charge in [-0.05, 0) is 58.3 Å². The fourth-order valence-corrected chi connectivity index (χ4v) is 3.82. The average Bonchev–Trinajstić information content (AvgIpc) is 3.13. The van der Waals surface area contributed by atoms with E-state index in [4.69, 9.17) is 0 Å². The first-order valence-electron chi connectivity index (χ1n) is 6.85. The van der Waals surface area contributed by atoms with E-state index in [0.29, 0.717) is 6.04 Å². The largest absolute Gasteiger partial charge is 0.306 e. The number of nitrogens with zero attached hydrogens (tertiary/aromatic N) is 1. The van der Waals surface area contributed by atoms with Gasteiger partial charge in [-0.3, -0.25) is 0 Å². The number of hydrogen-bond donors (Lipinski definition) is 1. The second kappa shape index (κ2) is 4.36. The monoisotopic (exact) mass is 250 g/mol. The normalized spacial score (nSPS) is 22.1. The third kappa shape index (κ3) is 2.55. The van der Waals surface area contributed by atoms with E-state index in [2.05, 4.69) is 31.1 Å². The van der Waals surface area contributed by atoms with Crippen molar-refractivity contribution in [3.05, 3.63) is 15.6 Å². The van der Waals surface area contributed by atoms with Crippen LogP contribution in [0.2, 0.25) is 0 Å². The number of nitrogens with one attached hydrogen (secondary N) is 1. The van der Waals surface area contributed by atoms with Crippen molar-refractivity contribution in [1.29, 1.82) is 0 Å². The summed E-state index contributed by atoms with van der Waals surface area (Å²) in [5.41, 5.74) is 1.22. The lowest BCUT2D eigenvalue weighted by Gasteiger charge is -2.22. The van der Waals surface area contributed by atoms with Crippen molar-refractivity contribution in [1.82, 2.24) is 10.3 Å². The molecule has 0 aliphatic heterocycles. The summed E-state index contributed by atoms with van der Waals surface area (Å²) < 4.78 is 0. The molecule has 2 aliphatic rings. The summed E-state index contributed by atoms with van der Waals surface area (Å²) in [5, 5.41) is 5.08. The third-order valence-corrected chi connectivity index (χ3v) is 5.29. The van der Waals surface area contributed by atoms with Gasteiger partial charge in [0, 0.05) is 17.0 Å². The lowest BCUT2D eigenvalue weighted by atomic mass is 10.1. The molecule has 1 aromatic heterocycles. The van der Waals surface area contributed by atoms with E-state index in [-0.39, 0.29) is 0 Å². The summed E-state index contributed by atoms with van der Waals surface area (Å²) in [4.78, 5) is 5.98. The SMILES string of the molecule is Cc1nc(C)c(C(C)NC(C2CC2)C2CC2)s1. The van der Waals surface area contributed by atoms with Gasteiger partial charge in [0.05, 0.1) is 10.7 Å². The van der Waals surface area contributed by atoms with Crippen LogP contribution in [0.4, 0.5) is 0 Å². The Morgan fingerprint density at radius 2 is 1.76 bits per heavy atom. The Morgan fingerprint density at radius 3 is 2.18 bits per heavy atom. The molecule has 0 bridgehead atoms. The summed E-state index contributed by atoms with van der Waals surface area (Å²) in [6, 6.07) is 1.26. The summed E-state index contributed by atoms with van der Waals surface area (Å²) in [5.74, 6) is 1.94. The van der Waals surface area contributed by atoms with Gasteiger partial charge in [0.25, 0.3) is 0 Å². The lowest BCUT2D eigenvalue weighted by molar-refractivity contribution is 0.379. The van der Waals surface area contributed by atoms with Crippen LogP contribution in [0, 0.1) is 25.7 Å². The number of rotatable bonds is 5. The summed E-state index contributed by atoms with van der Waals surface area (Å²) in [6.07, 6.45) is 5.78. The predicted molar refractivity (Wildman–Crippen MR) is 72.4 cm³/mol. The molecule has 0 aromatic carbocycles. The summed E-state index contributed by atoms with van der Waals surface area (Å²) >= 11 is 1.86. The molecule has 0 saturated heterocycles. The Morgan fingerprint density at radius 1 is 1.18 bits per heavy atom. The number of thiazole rings is 1. The van der Waals surface area contributed by atoms with Crippen LogP contribution in [-0.2, 0) is 0 Å². The molecule has 94 valence electrons. The van der Waals surface area contributed by atoms with Crippen LogP contribution in [0.15, 0.2) is 0 Å². The average molecular weight is 250 g/mol. The molecule has 3 heteroatoms.